The summed E-state index contributed by atoms with van der Waals surface area (Å²) in [6.07, 6.45) is 1.42. The number of carbonyl (C=O) groups excluding carboxylic acids is 2. The van der Waals surface area contributed by atoms with Crippen molar-refractivity contribution >= 4 is 45.9 Å². The Bertz CT molecular complexity index is 1030. The molecule has 0 atom stereocenters. The minimum atomic E-state index is -0.361. The van der Waals surface area contributed by atoms with Crippen molar-refractivity contribution < 1.29 is 14.3 Å². The van der Waals surface area contributed by atoms with Gasteiger partial charge in [-0.05, 0) is 48.5 Å². The monoisotopic (exact) mass is 409 g/mol. The van der Waals surface area contributed by atoms with Crippen LogP contribution in [0, 0.1) is 0 Å². The number of thiazole rings is 1. The molecule has 2 aromatic carbocycles. The Balaban J connectivity index is 1.70. The number of carbonyl (C=O) groups is 2. The summed E-state index contributed by atoms with van der Waals surface area (Å²) in [5.41, 5.74) is 10.2. The lowest BCUT2D eigenvalue weighted by atomic mass is 10.2. The molecule has 1 aromatic heterocycles. The Morgan fingerprint density at radius 2 is 1.86 bits per heavy atom. The van der Waals surface area contributed by atoms with Crippen molar-refractivity contribution in [3.05, 3.63) is 65.2 Å². The zero-order chi connectivity index (χ0) is 20.8. The van der Waals surface area contributed by atoms with Gasteiger partial charge >= 0.3 is 0 Å². The van der Waals surface area contributed by atoms with Crippen LogP contribution in [0.25, 0.3) is 0 Å². The number of rotatable bonds is 6. The molecule has 1 heterocycles. The molecular formula is C20H19N5O3S. The van der Waals surface area contributed by atoms with Gasteiger partial charge in [-0.15, -0.1) is 11.3 Å². The predicted molar refractivity (Wildman–Crippen MR) is 114 cm³/mol. The number of hydrogen-bond acceptors (Lipinski definition) is 7. The highest BCUT2D eigenvalue weighted by molar-refractivity contribution is 7.14. The molecule has 0 radical (unpaired) electrons. The van der Waals surface area contributed by atoms with Gasteiger partial charge in [0.2, 0.25) is 5.91 Å². The van der Waals surface area contributed by atoms with Crippen LogP contribution in [0.2, 0.25) is 0 Å². The van der Waals surface area contributed by atoms with Crippen LogP contribution >= 0.6 is 11.3 Å². The zero-order valence-electron chi connectivity index (χ0n) is 15.8. The molecular weight excluding hydrogens is 390 g/mol. The van der Waals surface area contributed by atoms with E-state index in [-0.39, 0.29) is 11.8 Å². The molecule has 0 spiro atoms. The Hall–Kier alpha value is -3.72. The number of methoxy groups -OCH3 is 1. The molecule has 2 amide bonds. The average molecular weight is 409 g/mol. The second kappa shape index (κ2) is 8.98. The molecule has 0 aliphatic heterocycles. The first-order valence-corrected chi connectivity index (χ1v) is 9.45. The van der Waals surface area contributed by atoms with Gasteiger partial charge in [-0.25, -0.2) is 10.4 Å². The maximum Gasteiger partial charge on any atom is 0.271 e. The highest BCUT2D eigenvalue weighted by atomic mass is 32.1. The summed E-state index contributed by atoms with van der Waals surface area (Å²) in [5, 5.41) is 6.16. The van der Waals surface area contributed by atoms with Crippen LogP contribution < -0.4 is 20.8 Å². The fourth-order valence-corrected chi connectivity index (χ4v) is 3.29. The molecule has 3 aromatic rings. The Morgan fingerprint density at radius 1 is 1.17 bits per heavy atom. The van der Waals surface area contributed by atoms with E-state index >= 15 is 0 Å². The van der Waals surface area contributed by atoms with E-state index in [2.05, 4.69) is 15.5 Å². The van der Waals surface area contributed by atoms with Gasteiger partial charge in [-0.1, -0.05) is 0 Å². The number of hydrogen-bond donors (Lipinski definition) is 2. The lowest BCUT2D eigenvalue weighted by molar-refractivity contribution is -0.115. The molecule has 29 heavy (non-hydrogen) atoms. The van der Waals surface area contributed by atoms with E-state index in [1.54, 1.807) is 61.0 Å². The first kappa shape index (κ1) is 20.0. The Kier molecular flexibility index (Phi) is 6.20. The highest BCUT2D eigenvalue weighted by Crippen LogP contribution is 2.29. The van der Waals surface area contributed by atoms with Crippen molar-refractivity contribution in [2.75, 3.05) is 17.7 Å². The number of anilines is 3. The van der Waals surface area contributed by atoms with E-state index < -0.39 is 0 Å². The number of amides is 2. The first-order valence-electron chi connectivity index (χ1n) is 8.57. The second-order valence-electron chi connectivity index (χ2n) is 5.93. The van der Waals surface area contributed by atoms with Crippen LogP contribution in [-0.4, -0.2) is 30.1 Å². The van der Waals surface area contributed by atoms with Crippen LogP contribution in [0.5, 0.6) is 5.75 Å². The zero-order valence-corrected chi connectivity index (χ0v) is 16.6. The van der Waals surface area contributed by atoms with Crippen molar-refractivity contribution in [1.29, 1.82) is 0 Å². The molecule has 8 nitrogen and oxygen atoms in total. The van der Waals surface area contributed by atoms with Crippen molar-refractivity contribution in [1.82, 2.24) is 10.4 Å². The summed E-state index contributed by atoms with van der Waals surface area (Å²) in [6.45, 7) is 1.46. The summed E-state index contributed by atoms with van der Waals surface area (Å²) in [4.78, 5) is 30.1. The van der Waals surface area contributed by atoms with E-state index in [1.807, 2.05) is 0 Å². The molecule has 3 N–H and O–H groups in total. The van der Waals surface area contributed by atoms with Gasteiger partial charge < -0.3 is 10.5 Å². The maximum absolute atomic E-state index is 12.2. The fourth-order valence-electron chi connectivity index (χ4n) is 2.45. The minimum Gasteiger partial charge on any atom is -0.497 e. The van der Waals surface area contributed by atoms with Gasteiger partial charge in [-0.3, -0.25) is 14.5 Å². The SMILES string of the molecule is COc1ccc(N(C(C)=O)c2nc(/C=N\NC(=O)c3ccc(N)cc3)cs2)cc1. The van der Waals surface area contributed by atoms with Crippen LogP contribution in [0.15, 0.2) is 59.0 Å². The van der Waals surface area contributed by atoms with Crippen molar-refractivity contribution in [2.45, 2.75) is 6.92 Å². The summed E-state index contributed by atoms with van der Waals surface area (Å²) >= 11 is 1.29. The van der Waals surface area contributed by atoms with Gasteiger partial charge in [0.15, 0.2) is 5.13 Å². The number of nitrogen functional groups attached to an aromatic ring is 1. The summed E-state index contributed by atoms with van der Waals surface area (Å²) in [6, 6.07) is 13.6. The van der Waals surface area contributed by atoms with E-state index in [1.165, 1.54) is 29.4 Å². The van der Waals surface area contributed by atoms with Gasteiger partial charge in [0.1, 0.15) is 5.75 Å². The number of nitrogens with zero attached hydrogens (tertiary/aromatic N) is 3. The standard InChI is InChI=1S/C20H19N5O3S/c1-13(26)25(17-7-9-18(28-2)10-8-17)20-23-16(12-29-20)11-22-24-19(27)14-3-5-15(21)6-4-14/h3-12H,21H2,1-2H3,(H,24,27)/b22-11-. The van der Waals surface area contributed by atoms with Crippen LogP contribution in [0.3, 0.4) is 0 Å². The lowest BCUT2D eigenvalue weighted by Gasteiger charge is -2.18. The first-order chi connectivity index (χ1) is 14.0. The summed E-state index contributed by atoms with van der Waals surface area (Å²) < 4.78 is 5.15. The number of nitrogens with two attached hydrogens (primary N) is 1. The van der Waals surface area contributed by atoms with Gasteiger partial charge in [0, 0.05) is 23.6 Å². The largest absolute Gasteiger partial charge is 0.497 e. The van der Waals surface area contributed by atoms with Crippen molar-refractivity contribution in [3.63, 3.8) is 0 Å². The van der Waals surface area contributed by atoms with E-state index in [0.717, 1.165) is 0 Å². The van der Waals surface area contributed by atoms with Gasteiger partial charge in [0.25, 0.3) is 5.91 Å². The smallest absolute Gasteiger partial charge is 0.271 e. The van der Waals surface area contributed by atoms with Crippen molar-refractivity contribution in [2.24, 2.45) is 5.10 Å². The minimum absolute atomic E-state index is 0.176. The van der Waals surface area contributed by atoms with E-state index in [4.69, 9.17) is 10.5 Å². The van der Waals surface area contributed by atoms with E-state index in [0.29, 0.717) is 33.5 Å². The molecule has 0 saturated carbocycles. The molecule has 0 bridgehead atoms. The molecule has 148 valence electrons. The van der Waals surface area contributed by atoms with Crippen molar-refractivity contribution in [3.8, 4) is 5.75 Å². The number of benzene rings is 2. The fraction of sp³-hybridized carbons (Fsp3) is 0.100. The second-order valence-corrected chi connectivity index (χ2v) is 6.77. The summed E-state index contributed by atoms with van der Waals surface area (Å²) in [7, 11) is 1.58. The predicted octanol–water partition coefficient (Wildman–Crippen LogP) is 3.18. The number of ether oxygens (including phenoxy) is 1. The van der Waals surface area contributed by atoms with E-state index in [9.17, 15) is 9.59 Å². The normalized spacial score (nSPS) is 10.7. The summed E-state index contributed by atoms with van der Waals surface area (Å²) in [5.74, 6) is 0.158. The third kappa shape index (κ3) is 4.96. The Morgan fingerprint density at radius 3 is 2.48 bits per heavy atom. The van der Waals surface area contributed by atoms with Crippen LogP contribution in [0.4, 0.5) is 16.5 Å². The lowest BCUT2D eigenvalue weighted by Crippen LogP contribution is -2.22. The molecule has 0 aliphatic carbocycles. The third-order valence-corrected chi connectivity index (χ3v) is 4.73. The molecule has 0 unspecified atom stereocenters. The van der Waals surface area contributed by atoms with Crippen LogP contribution in [-0.2, 0) is 4.79 Å². The number of hydrazone groups is 1. The van der Waals surface area contributed by atoms with Gasteiger partial charge in [-0.2, -0.15) is 5.10 Å². The maximum atomic E-state index is 12.2. The highest BCUT2D eigenvalue weighted by Gasteiger charge is 2.17. The molecule has 3 rings (SSSR count). The molecule has 0 saturated heterocycles. The van der Waals surface area contributed by atoms with Crippen LogP contribution in [0.1, 0.15) is 23.0 Å². The molecule has 0 fully saturated rings. The van der Waals surface area contributed by atoms with Gasteiger partial charge in [0.05, 0.1) is 24.7 Å². The Labute approximate surface area is 171 Å². The average Bonchev–Trinajstić information content (AvgIpc) is 3.17. The topological polar surface area (TPSA) is 110 Å². The number of aromatic nitrogens is 1. The molecule has 0 aliphatic rings. The quantitative estimate of drug-likeness (QED) is 0.369. The molecule has 9 heteroatoms. The third-order valence-electron chi connectivity index (χ3n) is 3.88. The number of nitrogens with one attached hydrogen (secondary N) is 1.